The van der Waals surface area contributed by atoms with Gasteiger partial charge in [-0.25, -0.2) is 0 Å². The van der Waals surface area contributed by atoms with Crippen molar-refractivity contribution in [1.82, 2.24) is 9.80 Å². The molecule has 0 amide bonds. The van der Waals surface area contributed by atoms with Crippen molar-refractivity contribution < 1.29 is 16.8 Å². The first-order chi connectivity index (χ1) is 6.36. The zero-order chi connectivity index (χ0) is 11.7. The van der Waals surface area contributed by atoms with Crippen LogP contribution in [0.1, 0.15) is 13.8 Å². The fraction of sp³-hybridized carbons (Fsp3) is 0.750. The van der Waals surface area contributed by atoms with Gasteiger partial charge < -0.3 is 59.5 Å². The van der Waals surface area contributed by atoms with Gasteiger partial charge in [0.15, 0.2) is 0 Å². The first-order valence-electron chi connectivity index (χ1n) is 4.20. The van der Waals surface area contributed by atoms with Crippen LogP contribution in [-0.4, -0.2) is 45.6 Å². The molecule has 91 valence electrons. The molecule has 15 heavy (non-hydrogen) atoms. The van der Waals surface area contributed by atoms with E-state index in [1.54, 1.807) is 0 Å². The normalized spacial score (nSPS) is 7.73. The molecule has 0 unspecified atom stereocenters. The maximum absolute atomic E-state index is 4.66. The molecule has 7 heteroatoms. The number of rotatable bonds is 2. The van der Waals surface area contributed by atoms with Gasteiger partial charge in [-0.1, -0.05) is 8.64 Å². The van der Waals surface area contributed by atoms with Gasteiger partial charge in [-0.2, -0.15) is 0 Å². The second-order valence-electron chi connectivity index (χ2n) is 2.56. The molecule has 0 rings (SSSR count). The Bertz CT molecular complexity index is 169. The Kier molecular flexibility index (Phi) is 18.0. The Morgan fingerprint density at radius 2 is 1.13 bits per heavy atom. The van der Waals surface area contributed by atoms with Crippen LogP contribution >= 0.6 is 24.4 Å². The van der Waals surface area contributed by atoms with Crippen molar-refractivity contribution in [1.29, 1.82) is 0 Å². The number of nitrogens with zero attached hydrogens (tertiary/aromatic N) is 2. The van der Waals surface area contributed by atoms with Crippen LogP contribution in [0.5, 0.6) is 0 Å². The molecule has 0 aliphatic heterocycles. The van der Waals surface area contributed by atoms with E-state index in [1.165, 1.54) is 0 Å². The SMILES string of the molecule is CCN(C)C(=S)[S-].CCN(C)C(=S)[S-].[Co+2]. The second-order valence-corrected chi connectivity index (χ2v) is 4.62. The quantitative estimate of drug-likeness (QED) is 0.557. The molecule has 0 bridgehead atoms. The summed E-state index contributed by atoms with van der Waals surface area (Å²) in [4.78, 5) is 3.68. The Labute approximate surface area is 125 Å². The van der Waals surface area contributed by atoms with Gasteiger partial charge in [-0.15, -0.1) is 0 Å². The molecule has 0 N–H and O–H groups in total. The summed E-state index contributed by atoms with van der Waals surface area (Å²) in [5.74, 6) is 0. The summed E-state index contributed by atoms with van der Waals surface area (Å²) in [5.41, 5.74) is 0. The Hall–Kier alpha value is 0.726. The van der Waals surface area contributed by atoms with Crippen molar-refractivity contribution in [3.05, 3.63) is 0 Å². The molecule has 1 radical (unpaired) electrons. The fourth-order valence-electron chi connectivity index (χ4n) is 0.258. The topological polar surface area (TPSA) is 6.48 Å². The van der Waals surface area contributed by atoms with Crippen LogP contribution in [0.2, 0.25) is 0 Å². The number of hydrogen-bond donors (Lipinski definition) is 0. The predicted molar refractivity (Wildman–Crippen MR) is 76.5 cm³/mol. The van der Waals surface area contributed by atoms with Crippen LogP contribution in [-0.2, 0) is 42.0 Å². The maximum Gasteiger partial charge on any atom is 2.00 e. The summed E-state index contributed by atoms with van der Waals surface area (Å²) in [7, 11) is 3.77. The fourth-order valence-corrected chi connectivity index (χ4v) is 0.775. The second kappa shape index (κ2) is 12.8. The predicted octanol–water partition coefficient (Wildman–Crippen LogP) is 1.54. The van der Waals surface area contributed by atoms with E-state index < -0.39 is 0 Å². The first kappa shape index (κ1) is 21.1. The van der Waals surface area contributed by atoms with E-state index in [0.29, 0.717) is 8.64 Å². The first-order valence-corrected chi connectivity index (χ1v) is 5.84. The Morgan fingerprint density at radius 1 is 0.933 bits per heavy atom. The van der Waals surface area contributed by atoms with Gasteiger partial charge in [-0.05, 0) is 13.8 Å². The molecule has 0 atom stereocenters. The number of hydrogen-bond acceptors (Lipinski definition) is 4. The third kappa shape index (κ3) is 14.7. The minimum Gasteiger partial charge on any atom is -0.411 e. The molecule has 0 aromatic carbocycles. The van der Waals surface area contributed by atoms with Crippen LogP contribution in [0.4, 0.5) is 0 Å². The van der Waals surface area contributed by atoms with Crippen LogP contribution in [0, 0.1) is 0 Å². The largest absolute Gasteiger partial charge is 2.00 e. The van der Waals surface area contributed by atoms with E-state index in [2.05, 4.69) is 49.7 Å². The van der Waals surface area contributed by atoms with Crippen molar-refractivity contribution in [3.63, 3.8) is 0 Å². The van der Waals surface area contributed by atoms with Gasteiger partial charge in [0.25, 0.3) is 0 Å². The molecule has 0 spiro atoms. The molecular weight excluding hydrogens is 311 g/mol. The average Bonchev–Trinajstić information content (AvgIpc) is 2.15. The summed E-state index contributed by atoms with van der Waals surface area (Å²) in [6.07, 6.45) is 0. The van der Waals surface area contributed by atoms with E-state index >= 15 is 0 Å². The molecular formula is C8H16CoN2S4. The Balaban J connectivity index is -0.000000180. The smallest absolute Gasteiger partial charge is 0.411 e. The van der Waals surface area contributed by atoms with Gasteiger partial charge in [0, 0.05) is 27.2 Å². The minimum atomic E-state index is 0. The molecule has 0 fully saturated rings. The van der Waals surface area contributed by atoms with Crippen molar-refractivity contribution in [2.24, 2.45) is 0 Å². The van der Waals surface area contributed by atoms with Gasteiger partial charge in [-0.3, -0.25) is 0 Å². The molecule has 0 heterocycles. The van der Waals surface area contributed by atoms with E-state index in [4.69, 9.17) is 0 Å². The minimum absolute atomic E-state index is 0. The zero-order valence-corrected chi connectivity index (χ0v) is 13.6. The molecule has 2 nitrogen and oxygen atoms in total. The summed E-state index contributed by atoms with van der Waals surface area (Å²) >= 11 is 18.6. The van der Waals surface area contributed by atoms with Crippen LogP contribution in [0.25, 0.3) is 0 Å². The summed E-state index contributed by atoms with van der Waals surface area (Å²) in [5, 5.41) is 0. The van der Waals surface area contributed by atoms with E-state index in [0.717, 1.165) is 13.1 Å². The van der Waals surface area contributed by atoms with Gasteiger partial charge in [0.2, 0.25) is 0 Å². The summed E-state index contributed by atoms with van der Waals surface area (Å²) in [6.45, 7) is 5.84. The Morgan fingerprint density at radius 3 is 1.13 bits per heavy atom. The van der Waals surface area contributed by atoms with Crippen molar-refractivity contribution in [2.75, 3.05) is 27.2 Å². The zero-order valence-electron chi connectivity index (χ0n) is 9.27. The molecule has 0 saturated carbocycles. The van der Waals surface area contributed by atoms with E-state index in [9.17, 15) is 0 Å². The van der Waals surface area contributed by atoms with Crippen molar-refractivity contribution in [2.45, 2.75) is 13.8 Å². The van der Waals surface area contributed by atoms with Crippen LogP contribution in [0.15, 0.2) is 0 Å². The third-order valence-electron chi connectivity index (χ3n) is 1.57. The molecule has 0 aromatic heterocycles. The monoisotopic (exact) mass is 327 g/mol. The maximum atomic E-state index is 4.66. The molecule has 0 aliphatic carbocycles. The number of thiocarbonyl (C=S) groups is 2. The molecule has 0 aromatic rings. The average molecular weight is 327 g/mol. The third-order valence-corrected chi connectivity index (χ3v) is 2.82. The summed E-state index contributed by atoms with van der Waals surface area (Å²) < 4.78 is 1.09. The van der Waals surface area contributed by atoms with Crippen molar-refractivity contribution >= 4 is 58.3 Å². The van der Waals surface area contributed by atoms with Crippen LogP contribution in [0.3, 0.4) is 0 Å². The van der Waals surface area contributed by atoms with Gasteiger partial charge in [0.05, 0.1) is 0 Å². The van der Waals surface area contributed by atoms with E-state index in [-0.39, 0.29) is 16.8 Å². The molecule has 0 saturated heterocycles. The van der Waals surface area contributed by atoms with Crippen LogP contribution < -0.4 is 0 Å². The standard InChI is InChI=1S/2C4H9NS2.Co/c2*1-3-5(2)4(6)7;/h2*3H2,1-2H3,(H,6,7);/q;;+2/p-2. The van der Waals surface area contributed by atoms with Crippen molar-refractivity contribution in [3.8, 4) is 0 Å². The van der Waals surface area contributed by atoms with Gasteiger partial charge in [0.1, 0.15) is 0 Å². The van der Waals surface area contributed by atoms with E-state index in [1.807, 2.05) is 37.7 Å². The van der Waals surface area contributed by atoms with Gasteiger partial charge >= 0.3 is 16.8 Å². The summed E-state index contributed by atoms with van der Waals surface area (Å²) in [6, 6.07) is 0. The molecule has 0 aliphatic rings.